The third kappa shape index (κ3) is 1.91. The van der Waals surface area contributed by atoms with E-state index in [4.69, 9.17) is 21.7 Å². The smallest absolute Gasteiger partial charge is 0.214 e. The maximum absolute atomic E-state index is 9.07. The van der Waals surface area contributed by atoms with Gasteiger partial charge in [-0.05, 0) is 26.1 Å². The van der Waals surface area contributed by atoms with E-state index < -0.39 is 0 Å². The number of H-pyrrole nitrogens is 1. The molecule has 0 unspecified atom stereocenters. The minimum atomic E-state index is -0.175. The van der Waals surface area contributed by atoms with Gasteiger partial charge in [-0.1, -0.05) is 0 Å². The molecule has 0 radical (unpaired) electrons. The van der Waals surface area contributed by atoms with Crippen LogP contribution >= 0.6 is 12.2 Å². The second kappa shape index (κ2) is 4.18. The van der Waals surface area contributed by atoms with E-state index in [2.05, 4.69) is 15.2 Å². The van der Waals surface area contributed by atoms with E-state index in [1.165, 1.54) is 0 Å². The summed E-state index contributed by atoms with van der Waals surface area (Å²) >= 11 is 5.04. The van der Waals surface area contributed by atoms with E-state index in [1.807, 2.05) is 13.8 Å². The Labute approximate surface area is 96.9 Å². The topological polar surface area (TPSA) is 79.9 Å². The van der Waals surface area contributed by atoms with Crippen LogP contribution in [0.5, 0.6) is 0 Å². The minimum Gasteiger partial charge on any atom is -0.444 e. The molecule has 2 N–H and O–H groups in total. The fraction of sp³-hybridized carbons (Fsp3) is 0.444. The van der Waals surface area contributed by atoms with Gasteiger partial charge in [-0.2, -0.15) is 5.10 Å². The zero-order chi connectivity index (χ0) is 11.7. The van der Waals surface area contributed by atoms with Crippen LogP contribution in [-0.4, -0.2) is 24.9 Å². The zero-order valence-electron chi connectivity index (χ0n) is 9.02. The number of hydrogen-bond acceptors (Lipinski definition) is 5. The van der Waals surface area contributed by atoms with Gasteiger partial charge in [0.2, 0.25) is 5.89 Å². The van der Waals surface area contributed by atoms with E-state index in [9.17, 15) is 0 Å². The average Bonchev–Trinajstić information content (AvgIpc) is 2.74. The van der Waals surface area contributed by atoms with Crippen molar-refractivity contribution in [3.63, 3.8) is 0 Å². The van der Waals surface area contributed by atoms with E-state index in [0.29, 0.717) is 23.0 Å². The Morgan fingerprint density at radius 2 is 2.25 bits per heavy atom. The van der Waals surface area contributed by atoms with Crippen molar-refractivity contribution in [3.8, 4) is 0 Å². The number of nitrogens with one attached hydrogen (secondary N) is 1. The van der Waals surface area contributed by atoms with Crippen molar-refractivity contribution < 1.29 is 9.52 Å². The quantitative estimate of drug-likeness (QED) is 0.785. The first-order chi connectivity index (χ1) is 7.61. The number of aliphatic hydroxyl groups is 1. The fourth-order valence-electron chi connectivity index (χ4n) is 1.38. The zero-order valence-corrected chi connectivity index (χ0v) is 9.84. The van der Waals surface area contributed by atoms with Crippen LogP contribution in [0.1, 0.15) is 23.2 Å². The SMILES string of the molecule is Cc1nc(Cn2c(CO)n[nH]c2=S)oc1C. The van der Waals surface area contributed by atoms with E-state index in [-0.39, 0.29) is 6.61 Å². The van der Waals surface area contributed by atoms with Crippen molar-refractivity contribution in [1.29, 1.82) is 0 Å². The Bertz CT molecular complexity index is 535. The van der Waals surface area contributed by atoms with Crippen LogP contribution in [0.4, 0.5) is 0 Å². The van der Waals surface area contributed by atoms with Gasteiger partial charge in [0.05, 0.1) is 5.69 Å². The van der Waals surface area contributed by atoms with E-state index >= 15 is 0 Å². The molecular weight excluding hydrogens is 228 g/mol. The number of rotatable bonds is 3. The van der Waals surface area contributed by atoms with E-state index in [1.54, 1.807) is 4.57 Å². The largest absolute Gasteiger partial charge is 0.444 e. The van der Waals surface area contributed by atoms with Crippen molar-refractivity contribution in [3.05, 3.63) is 27.9 Å². The molecule has 0 spiro atoms. The molecule has 0 saturated carbocycles. The lowest BCUT2D eigenvalue weighted by Gasteiger charge is -2.00. The van der Waals surface area contributed by atoms with Crippen LogP contribution in [0.15, 0.2) is 4.42 Å². The number of hydrogen-bond donors (Lipinski definition) is 2. The molecule has 0 bridgehead atoms. The summed E-state index contributed by atoms with van der Waals surface area (Å²) in [6.45, 7) is 3.93. The Hall–Kier alpha value is -1.47. The first kappa shape index (κ1) is 11.0. The van der Waals surface area contributed by atoms with Gasteiger partial charge < -0.3 is 9.52 Å². The van der Waals surface area contributed by atoms with Gasteiger partial charge in [-0.25, -0.2) is 4.98 Å². The number of nitrogens with zero attached hydrogens (tertiary/aromatic N) is 3. The number of aliphatic hydroxyl groups excluding tert-OH is 1. The molecular formula is C9H12N4O2S. The van der Waals surface area contributed by atoms with Crippen LogP contribution in [0, 0.1) is 18.6 Å². The summed E-state index contributed by atoms with van der Waals surface area (Å²) in [7, 11) is 0. The lowest BCUT2D eigenvalue weighted by Crippen LogP contribution is -2.05. The van der Waals surface area contributed by atoms with Crippen molar-refractivity contribution in [2.24, 2.45) is 0 Å². The summed E-state index contributed by atoms with van der Waals surface area (Å²) in [6, 6.07) is 0. The number of aromatic nitrogens is 4. The highest BCUT2D eigenvalue weighted by Gasteiger charge is 2.10. The average molecular weight is 240 g/mol. The van der Waals surface area contributed by atoms with Crippen LogP contribution in [0.2, 0.25) is 0 Å². The molecule has 0 saturated heterocycles. The Morgan fingerprint density at radius 1 is 1.50 bits per heavy atom. The highest BCUT2D eigenvalue weighted by molar-refractivity contribution is 7.71. The normalized spacial score (nSPS) is 10.9. The molecule has 0 aliphatic rings. The molecule has 2 aromatic rings. The Balaban J connectivity index is 2.33. The second-order valence-corrected chi connectivity index (χ2v) is 3.83. The Kier molecular flexibility index (Phi) is 2.88. The molecule has 0 atom stereocenters. The van der Waals surface area contributed by atoms with Crippen LogP contribution in [0.25, 0.3) is 0 Å². The second-order valence-electron chi connectivity index (χ2n) is 3.44. The summed E-state index contributed by atoms with van der Waals surface area (Å²) in [4.78, 5) is 4.24. The molecule has 16 heavy (non-hydrogen) atoms. The maximum Gasteiger partial charge on any atom is 0.214 e. The molecule has 0 aliphatic carbocycles. The van der Waals surface area contributed by atoms with Gasteiger partial charge in [0.1, 0.15) is 18.9 Å². The molecule has 0 aromatic carbocycles. The highest BCUT2D eigenvalue weighted by Crippen LogP contribution is 2.10. The highest BCUT2D eigenvalue weighted by atomic mass is 32.1. The molecule has 0 fully saturated rings. The molecule has 86 valence electrons. The number of aromatic amines is 1. The summed E-state index contributed by atoms with van der Waals surface area (Å²) in [5, 5.41) is 15.6. The predicted molar refractivity (Wildman–Crippen MR) is 58.4 cm³/mol. The summed E-state index contributed by atoms with van der Waals surface area (Å²) in [5.41, 5.74) is 0.857. The fourth-order valence-corrected chi connectivity index (χ4v) is 1.59. The Morgan fingerprint density at radius 3 is 2.81 bits per heavy atom. The van der Waals surface area contributed by atoms with Crippen molar-refractivity contribution in [2.45, 2.75) is 27.0 Å². The third-order valence-electron chi connectivity index (χ3n) is 2.34. The monoisotopic (exact) mass is 240 g/mol. The number of aryl methyl sites for hydroxylation is 2. The van der Waals surface area contributed by atoms with Gasteiger partial charge >= 0.3 is 0 Å². The van der Waals surface area contributed by atoms with Crippen LogP contribution < -0.4 is 0 Å². The standard InChI is InChI=1S/C9H12N4O2S/c1-5-6(2)15-8(10-5)3-13-7(4-14)11-12-9(13)16/h14H,3-4H2,1-2H3,(H,12,16). The van der Waals surface area contributed by atoms with Gasteiger partial charge in [0, 0.05) is 0 Å². The predicted octanol–water partition coefficient (Wildman–Crippen LogP) is 1.09. The lowest BCUT2D eigenvalue weighted by atomic mass is 10.4. The van der Waals surface area contributed by atoms with Gasteiger partial charge in [-0.15, -0.1) is 0 Å². The molecule has 2 heterocycles. The molecule has 2 rings (SSSR count). The van der Waals surface area contributed by atoms with Crippen LogP contribution in [0.3, 0.4) is 0 Å². The van der Waals surface area contributed by atoms with Gasteiger partial charge in [0.15, 0.2) is 10.6 Å². The number of oxazole rings is 1. The summed E-state index contributed by atoms with van der Waals surface area (Å²) in [5.74, 6) is 1.82. The maximum atomic E-state index is 9.07. The first-order valence-electron chi connectivity index (χ1n) is 4.79. The molecule has 2 aromatic heterocycles. The first-order valence-corrected chi connectivity index (χ1v) is 5.20. The summed E-state index contributed by atoms with van der Waals surface area (Å²) in [6.07, 6.45) is 0. The van der Waals surface area contributed by atoms with Crippen molar-refractivity contribution in [2.75, 3.05) is 0 Å². The molecule has 0 aliphatic heterocycles. The van der Waals surface area contributed by atoms with Gasteiger partial charge in [-0.3, -0.25) is 9.67 Å². The molecule has 0 amide bonds. The lowest BCUT2D eigenvalue weighted by molar-refractivity contribution is 0.264. The summed E-state index contributed by atoms with van der Waals surface area (Å²) < 4.78 is 7.54. The van der Waals surface area contributed by atoms with E-state index in [0.717, 1.165) is 11.5 Å². The third-order valence-corrected chi connectivity index (χ3v) is 2.66. The van der Waals surface area contributed by atoms with Crippen LogP contribution in [-0.2, 0) is 13.2 Å². The van der Waals surface area contributed by atoms with Crippen molar-refractivity contribution in [1.82, 2.24) is 19.7 Å². The molecule has 7 heteroatoms. The van der Waals surface area contributed by atoms with Crippen molar-refractivity contribution >= 4 is 12.2 Å². The minimum absolute atomic E-state index is 0.175. The van der Waals surface area contributed by atoms with Gasteiger partial charge in [0.25, 0.3) is 0 Å². The molecule has 6 nitrogen and oxygen atoms in total.